The van der Waals surface area contributed by atoms with Gasteiger partial charge in [0.2, 0.25) is 5.43 Å². The Kier molecular flexibility index (Phi) is 3.36. The third kappa shape index (κ3) is 2.55. The van der Waals surface area contributed by atoms with Crippen molar-refractivity contribution in [2.45, 2.75) is 25.5 Å². The first-order valence-corrected chi connectivity index (χ1v) is 6.75. The molecule has 1 saturated heterocycles. The average Bonchev–Trinajstić information content (AvgIpc) is 2.45. The van der Waals surface area contributed by atoms with Crippen LogP contribution in [0.3, 0.4) is 0 Å². The molecule has 1 aliphatic rings. The molecule has 4 heteroatoms. The van der Waals surface area contributed by atoms with Gasteiger partial charge in [-0.1, -0.05) is 12.1 Å². The summed E-state index contributed by atoms with van der Waals surface area (Å²) in [6.07, 6.45) is 3.04. The number of likely N-dealkylation sites (tertiary alicyclic amines) is 1. The van der Waals surface area contributed by atoms with Crippen molar-refractivity contribution in [2.24, 2.45) is 0 Å². The van der Waals surface area contributed by atoms with Gasteiger partial charge in [-0.05, 0) is 12.1 Å². The average molecular weight is 260 g/mol. The topological polar surface area (TPSA) is 54.9 Å². The summed E-state index contributed by atoms with van der Waals surface area (Å²) in [6.45, 7) is 2.50. The summed E-state index contributed by atoms with van der Waals surface area (Å²) in [5.41, 5.74) is 1.44. The van der Waals surface area contributed by atoms with Crippen molar-refractivity contribution < 1.29 is 14.4 Å². The molecule has 1 aromatic carbocycles. The molecule has 1 aliphatic heterocycles. The van der Waals surface area contributed by atoms with Gasteiger partial charge in [-0.2, -0.15) is 0 Å². The maximum atomic E-state index is 12.3. The second-order valence-corrected chi connectivity index (χ2v) is 5.24. The van der Waals surface area contributed by atoms with Crippen molar-refractivity contribution in [2.75, 3.05) is 13.1 Å². The number of aliphatic hydroxyl groups is 1. The number of piperidine rings is 1. The van der Waals surface area contributed by atoms with E-state index in [4.69, 9.17) is 4.42 Å². The Labute approximate surface area is 111 Å². The van der Waals surface area contributed by atoms with E-state index in [1.165, 1.54) is 4.90 Å². The molecular weight excluding hydrogens is 242 g/mol. The first-order chi connectivity index (χ1) is 9.24. The number of para-hydroxylation sites is 1. The van der Waals surface area contributed by atoms with Crippen LogP contribution in [0.25, 0.3) is 11.0 Å². The highest BCUT2D eigenvalue weighted by Crippen LogP contribution is 2.10. The summed E-state index contributed by atoms with van der Waals surface area (Å²) < 4.78 is 5.52. The quantitative estimate of drug-likeness (QED) is 0.818. The van der Waals surface area contributed by atoms with Crippen LogP contribution in [-0.4, -0.2) is 24.3 Å². The molecule has 100 valence electrons. The lowest BCUT2D eigenvalue weighted by atomic mass is 10.1. The summed E-state index contributed by atoms with van der Waals surface area (Å²) in [5.74, 6) is 0. The minimum absolute atomic E-state index is 0.0699. The highest BCUT2D eigenvalue weighted by atomic mass is 16.3. The van der Waals surface area contributed by atoms with Crippen molar-refractivity contribution in [3.05, 3.63) is 46.3 Å². The zero-order valence-electron chi connectivity index (χ0n) is 10.8. The maximum Gasteiger partial charge on any atom is 0.201 e. The van der Waals surface area contributed by atoms with Gasteiger partial charge in [0, 0.05) is 12.8 Å². The lowest BCUT2D eigenvalue weighted by Gasteiger charge is -2.26. The molecular formula is C15H18NO3+. The zero-order chi connectivity index (χ0) is 13.2. The summed E-state index contributed by atoms with van der Waals surface area (Å²) in [5, 5.41) is 10.1. The van der Waals surface area contributed by atoms with Gasteiger partial charge in [-0.15, -0.1) is 0 Å². The minimum Gasteiger partial charge on any atom is -0.464 e. The number of nitrogens with one attached hydrogen (secondary N) is 1. The van der Waals surface area contributed by atoms with E-state index < -0.39 is 0 Å². The fourth-order valence-corrected chi connectivity index (χ4v) is 2.70. The van der Waals surface area contributed by atoms with E-state index in [9.17, 15) is 9.90 Å². The highest BCUT2D eigenvalue weighted by Gasteiger charge is 2.21. The Balaban J connectivity index is 1.85. The molecule has 0 bridgehead atoms. The van der Waals surface area contributed by atoms with Crippen LogP contribution in [0.4, 0.5) is 0 Å². The summed E-state index contributed by atoms with van der Waals surface area (Å²) >= 11 is 0. The fraction of sp³-hybridized carbons (Fsp3) is 0.400. The number of hydrogen-bond acceptors (Lipinski definition) is 3. The predicted octanol–water partition coefficient (Wildman–Crippen LogP) is 0.333. The number of benzene rings is 1. The molecule has 0 amide bonds. The van der Waals surface area contributed by atoms with E-state index in [1.807, 2.05) is 18.2 Å². The first kappa shape index (κ1) is 12.4. The Morgan fingerprint density at radius 2 is 2.00 bits per heavy atom. The second kappa shape index (κ2) is 5.15. The molecule has 0 radical (unpaired) electrons. The lowest BCUT2D eigenvalue weighted by Crippen LogP contribution is -3.12. The van der Waals surface area contributed by atoms with Crippen LogP contribution in [0.1, 0.15) is 18.4 Å². The SMILES string of the molecule is O=c1c(C[NH+]2CCC(O)CC2)coc2ccccc12. The van der Waals surface area contributed by atoms with Crippen LogP contribution in [0.2, 0.25) is 0 Å². The van der Waals surface area contributed by atoms with Gasteiger partial charge in [0.05, 0.1) is 30.1 Å². The first-order valence-electron chi connectivity index (χ1n) is 6.75. The second-order valence-electron chi connectivity index (χ2n) is 5.24. The van der Waals surface area contributed by atoms with Crippen molar-refractivity contribution in [3.63, 3.8) is 0 Å². The molecule has 19 heavy (non-hydrogen) atoms. The van der Waals surface area contributed by atoms with E-state index in [2.05, 4.69) is 0 Å². The summed E-state index contributed by atoms with van der Waals surface area (Å²) in [7, 11) is 0. The molecule has 2 aromatic rings. The number of aliphatic hydroxyl groups excluding tert-OH is 1. The Bertz CT molecular complexity index is 627. The molecule has 1 fully saturated rings. The smallest absolute Gasteiger partial charge is 0.201 e. The van der Waals surface area contributed by atoms with Gasteiger partial charge in [0.15, 0.2) is 0 Å². The van der Waals surface area contributed by atoms with Crippen molar-refractivity contribution in [1.82, 2.24) is 0 Å². The molecule has 2 N–H and O–H groups in total. The van der Waals surface area contributed by atoms with Crippen LogP contribution in [0, 0.1) is 0 Å². The number of quaternary nitrogens is 1. The largest absolute Gasteiger partial charge is 0.464 e. The standard InChI is InChI=1S/C15H17NO3/c17-12-5-7-16(8-6-12)9-11-10-19-14-4-2-1-3-13(14)15(11)18/h1-4,10,12,17H,5-9H2/p+1. The lowest BCUT2D eigenvalue weighted by molar-refractivity contribution is -0.919. The van der Waals surface area contributed by atoms with Crippen LogP contribution < -0.4 is 10.3 Å². The van der Waals surface area contributed by atoms with Gasteiger partial charge in [-0.3, -0.25) is 4.79 Å². The van der Waals surface area contributed by atoms with E-state index in [0.29, 0.717) is 17.5 Å². The Morgan fingerprint density at radius 3 is 2.79 bits per heavy atom. The van der Waals surface area contributed by atoms with E-state index >= 15 is 0 Å². The minimum atomic E-state index is -0.170. The van der Waals surface area contributed by atoms with E-state index in [-0.39, 0.29) is 11.5 Å². The van der Waals surface area contributed by atoms with Crippen molar-refractivity contribution in [1.29, 1.82) is 0 Å². The maximum absolute atomic E-state index is 12.3. The van der Waals surface area contributed by atoms with Gasteiger partial charge in [0.1, 0.15) is 18.4 Å². The van der Waals surface area contributed by atoms with Crippen LogP contribution >= 0.6 is 0 Å². The monoisotopic (exact) mass is 260 g/mol. The molecule has 2 heterocycles. The molecule has 3 rings (SSSR count). The molecule has 0 unspecified atom stereocenters. The van der Waals surface area contributed by atoms with E-state index in [1.54, 1.807) is 12.3 Å². The molecule has 0 saturated carbocycles. The third-order valence-electron chi connectivity index (χ3n) is 3.85. The Morgan fingerprint density at radius 1 is 1.26 bits per heavy atom. The predicted molar refractivity (Wildman–Crippen MR) is 72.1 cm³/mol. The van der Waals surface area contributed by atoms with Gasteiger partial charge < -0.3 is 14.4 Å². The zero-order valence-corrected chi connectivity index (χ0v) is 10.8. The number of rotatable bonds is 2. The number of fused-ring (bicyclic) bond motifs is 1. The van der Waals surface area contributed by atoms with Crippen LogP contribution in [-0.2, 0) is 6.54 Å². The van der Waals surface area contributed by atoms with Gasteiger partial charge in [0.25, 0.3) is 0 Å². The normalized spacial score (nSPS) is 23.6. The summed E-state index contributed by atoms with van der Waals surface area (Å²) in [6, 6.07) is 7.33. The molecule has 0 spiro atoms. The van der Waals surface area contributed by atoms with E-state index in [0.717, 1.165) is 31.5 Å². The summed E-state index contributed by atoms with van der Waals surface area (Å²) in [4.78, 5) is 13.7. The molecule has 0 aliphatic carbocycles. The molecule has 4 nitrogen and oxygen atoms in total. The highest BCUT2D eigenvalue weighted by molar-refractivity contribution is 5.76. The van der Waals surface area contributed by atoms with Crippen molar-refractivity contribution >= 4 is 11.0 Å². The Hall–Kier alpha value is -1.65. The van der Waals surface area contributed by atoms with Crippen LogP contribution in [0.5, 0.6) is 0 Å². The van der Waals surface area contributed by atoms with Crippen LogP contribution in [0.15, 0.2) is 39.7 Å². The number of hydrogen-bond donors (Lipinski definition) is 2. The van der Waals surface area contributed by atoms with Gasteiger partial charge >= 0.3 is 0 Å². The third-order valence-corrected chi connectivity index (χ3v) is 3.85. The fourth-order valence-electron chi connectivity index (χ4n) is 2.70. The van der Waals surface area contributed by atoms with Gasteiger partial charge in [-0.25, -0.2) is 0 Å². The van der Waals surface area contributed by atoms with Crippen molar-refractivity contribution in [3.8, 4) is 0 Å². The molecule has 0 atom stereocenters. The molecule has 1 aromatic heterocycles.